The number of hydrogen-bond donors (Lipinski definition) is 2. The van der Waals surface area contributed by atoms with Crippen LogP contribution in [0, 0.1) is 0 Å². The molecule has 0 bridgehead atoms. The van der Waals surface area contributed by atoms with Gasteiger partial charge in [-0.1, -0.05) is 0 Å². The van der Waals surface area contributed by atoms with Crippen LogP contribution in [0.3, 0.4) is 0 Å². The lowest BCUT2D eigenvalue weighted by atomic mass is 9.95. The number of ketones is 1. The molecule has 0 aliphatic rings. The first-order chi connectivity index (χ1) is 5.58. The van der Waals surface area contributed by atoms with Gasteiger partial charge in [0.1, 0.15) is 5.78 Å². The molecule has 0 saturated heterocycles. The molecular weight excluding hydrogens is 158 g/mol. The van der Waals surface area contributed by atoms with Crippen molar-refractivity contribution in [2.45, 2.75) is 25.4 Å². The molecule has 1 atom stereocenters. The summed E-state index contributed by atoms with van der Waals surface area (Å²) in [6.45, 7) is 1.84. The fourth-order valence-electron chi connectivity index (χ4n) is 0.988. The van der Waals surface area contributed by atoms with Gasteiger partial charge in [0.05, 0.1) is 12.1 Å². The van der Waals surface area contributed by atoms with Crippen molar-refractivity contribution in [2.75, 3.05) is 20.3 Å². The summed E-state index contributed by atoms with van der Waals surface area (Å²) in [4.78, 5) is 11.0. The van der Waals surface area contributed by atoms with Gasteiger partial charge in [-0.3, -0.25) is 4.79 Å². The Balaban J connectivity index is 4.03. The molecule has 0 aliphatic carbocycles. The predicted molar refractivity (Wildman–Crippen MR) is 45.8 cm³/mol. The van der Waals surface area contributed by atoms with Crippen molar-refractivity contribution >= 4 is 5.78 Å². The van der Waals surface area contributed by atoms with Crippen LogP contribution in [0.2, 0.25) is 0 Å². The summed E-state index contributed by atoms with van der Waals surface area (Å²) in [5.41, 5.74) is 4.60. The molecule has 72 valence electrons. The van der Waals surface area contributed by atoms with Crippen LogP contribution in [0.5, 0.6) is 0 Å². The Morgan fingerprint density at radius 1 is 1.67 bits per heavy atom. The van der Waals surface area contributed by atoms with Gasteiger partial charge in [-0.15, -0.1) is 0 Å². The second-order valence-electron chi connectivity index (χ2n) is 3.05. The minimum Gasteiger partial charge on any atom is -0.396 e. The minimum atomic E-state index is -0.564. The fourth-order valence-corrected chi connectivity index (χ4v) is 0.988. The van der Waals surface area contributed by atoms with Gasteiger partial charge in [0.2, 0.25) is 0 Å². The Kier molecular flexibility index (Phi) is 5.04. The van der Waals surface area contributed by atoms with Crippen LogP contribution in [-0.4, -0.2) is 36.8 Å². The van der Waals surface area contributed by atoms with E-state index in [1.165, 1.54) is 7.11 Å². The summed E-state index contributed by atoms with van der Waals surface area (Å²) in [6, 6.07) is 0. The zero-order chi connectivity index (χ0) is 9.61. The lowest BCUT2D eigenvalue weighted by Gasteiger charge is -2.26. The quantitative estimate of drug-likeness (QED) is 0.581. The molecule has 0 aromatic heterocycles. The second kappa shape index (κ2) is 5.24. The summed E-state index contributed by atoms with van der Waals surface area (Å²) >= 11 is 0. The molecule has 0 radical (unpaired) electrons. The van der Waals surface area contributed by atoms with E-state index in [1.807, 2.05) is 0 Å². The molecule has 1 unspecified atom stereocenters. The van der Waals surface area contributed by atoms with Crippen LogP contribution < -0.4 is 5.73 Å². The van der Waals surface area contributed by atoms with E-state index in [1.54, 1.807) is 6.92 Å². The Morgan fingerprint density at radius 3 is 2.58 bits per heavy atom. The highest BCUT2D eigenvalue weighted by Gasteiger charge is 2.25. The van der Waals surface area contributed by atoms with Gasteiger partial charge in [0, 0.05) is 20.1 Å². The molecule has 0 spiro atoms. The van der Waals surface area contributed by atoms with E-state index in [2.05, 4.69) is 0 Å². The lowest BCUT2D eigenvalue weighted by molar-refractivity contribution is -0.124. The Hall–Kier alpha value is -0.450. The number of aliphatic hydroxyl groups excluding tert-OH is 1. The van der Waals surface area contributed by atoms with Crippen LogP contribution in [0.15, 0.2) is 0 Å². The Morgan fingerprint density at radius 2 is 2.25 bits per heavy atom. The highest BCUT2D eigenvalue weighted by Crippen LogP contribution is 2.18. The van der Waals surface area contributed by atoms with Crippen molar-refractivity contribution in [1.82, 2.24) is 0 Å². The number of nitrogens with two attached hydrogens (primary N) is 1. The third kappa shape index (κ3) is 3.80. The molecule has 0 heterocycles. The highest BCUT2D eigenvalue weighted by atomic mass is 16.5. The van der Waals surface area contributed by atoms with Gasteiger partial charge in [0.15, 0.2) is 0 Å². The summed E-state index contributed by atoms with van der Waals surface area (Å²) in [6.07, 6.45) is 0.718. The van der Waals surface area contributed by atoms with Crippen LogP contribution in [-0.2, 0) is 9.53 Å². The lowest BCUT2D eigenvalue weighted by Crippen LogP contribution is -2.33. The van der Waals surface area contributed by atoms with Gasteiger partial charge in [-0.2, -0.15) is 0 Å². The molecule has 0 fully saturated rings. The van der Waals surface area contributed by atoms with Gasteiger partial charge in [-0.05, 0) is 13.3 Å². The monoisotopic (exact) mass is 175 g/mol. The minimum absolute atomic E-state index is 0.0161. The van der Waals surface area contributed by atoms with E-state index in [0.717, 1.165) is 0 Å². The maximum atomic E-state index is 11.0. The molecule has 0 saturated carbocycles. The Bertz CT molecular complexity index is 149. The molecule has 0 aliphatic heterocycles. The van der Waals surface area contributed by atoms with Crippen LogP contribution in [0.4, 0.5) is 0 Å². The van der Waals surface area contributed by atoms with Crippen LogP contribution in [0.1, 0.15) is 19.8 Å². The standard InChI is InChI=1S/C8H17NO3/c1-8(12-2,3-4-10)5-7(11)6-9/h10H,3-6,9H2,1-2H3. The van der Waals surface area contributed by atoms with Gasteiger partial charge < -0.3 is 15.6 Å². The normalized spacial score (nSPS) is 15.7. The van der Waals surface area contributed by atoms with E-state index in [-0.39, 0.29) is 25.4 Å². The molecule has 4 heteroatoms. The number of methoxy groups -OCH3 is 1. The van der Waals surface area contributed by atoms with Crippen molar-refractivity contribution in [1.29, 1.82) is 0 Å². The maximum absolute atomic E-state index is 11.0. The van der Waals surface area contributed by atoms with Crippen LogP contribution in [0.25, 0.3) is 0 Å². The average molecular weight is 175 g/mol. The van der Waals surface area contributed by atoms with E-state index in [9.17, 15) is 4.79 Å². The zero-order valence-electron chi connectivity index (χ0n) is 7.67. The largest absolute Gasteiger partial charge is 0.396 e. The third-order valence-electron chi connectivity index (χ3n) is 1.93. The van der Waals surface area contributed by atoms with E-state index in [4.69, 9.17) is 15.6 Å². The SMILES string of the molecule is COC(C)(CCO)CC(=O)CN. The fraction of sp³-hybridized carbons (Fsp3) is 0.875. The predicted octanol–water partition coefficient (Wildman–Crippen LogP) is -0.308. The number of aliphatic hydroxyl groups is 1. The number of Topliss-reactive ketones (excluding diaryl/α,β-unsaturated/α-hetero) is 1. The Labute approximate surface area is 72.7 Å². The summed E-state index contributed by atoms with van der Waals surface area (Å²) in [5, 5.41) is 8.70. The average Bonchev–Trinajstić information content (AvgIpc) is 2.05. The van der Waals surface area contributed by atoms with Crippen molar-refractivity contribution < 1.29 is 14.6 Å². The maximum Gasteiger partial charge on any atom is 0.149 e. The van der Waals surface area contributed by atoms with Gasteiger partial charge in [-0.25, -0.2) is 0 Å². The smallest absolute Gasteiger partial charge is 0.149 e. The molecule has 0 aromatic rings. The van der Waals surface area contributed by atoms with E-state index in [0.29, 0.717) is 6.42 Å². The summed E-state index contributed by atoms with van der Waals surface area (Å²) in [7, 11) is 1.53. The third-order valence-corrected chi connectivity index (χ3v) is 1.93. The molecule has 3 N–H and O–H groups in total. The molecule has 0 rings (SSSR count). The number of carbonyl (C=O) groups excluding carboxylic acids is 1. The van der Waals surface area contributed by atoms with Crippen molar-refractivity contribution in [2.24, 2.45) is 5.73 Å². The number of rotatable bonds is 6. The first-order valence-corrected chi connectivity index (χ1v) is 3.96. The van der Waals surface area contributed by atoms with Crippen molar-refractivity contribution in [3.63, 3.8) is 0 Å². The topological polar surface area (TPSA) is 72.5 Å². The van der Waals surface area contributed by atoms with E-state index < -0.39 is 5.60 Å². The van der Waals surface area contributed by atoms with Crippen molar-refractivity contribution in [3.05, 3.63) is 0 Å². The molecule has 12 heavy (non-hydrogen) atoms. The number of carbonyl (C=O) groups is 1. The first kappa shape index (κ1) is 11.6. The number of ether oxygens (including phenoxy) is 1. The first-order valence-electron chi connectivity index (χ1n) is 3.96. The number of hydrogen-bond acceptors (Lipinski definition) is 4. The van der Waals surface area contributed by atoms with Gasteiger partial charge >= 0.3 is 0 Å². The van der Waals surface area contributed by atoms with Crippen LogP contribution >= 0.6 is 0 Å². The molecule has 0 aromatic carbocycles. The molecule has 0 amide bonds. The second-order valence-corrected chi connectivity index (χ2v) is 3.05. The van der Waals surface area contributed by atoms with Gasteiger partial charge in [0.25, 0.3) is 0 Å². The molecular formula is C8H17NO3. The highest BCUT2D eigenvalue weighted by molar-refractivity contribution is 5.81. The summed E-state index contributed by atoms with van der Waals surface area (Å²) in [5.74, 6) is -0.0483. The summed E-state index contributed by atoms with van der Waals surface area (Å²) < 4.78 is 5.11. The zero-order valence-corrected chi connectivity index (χ0v) is 7.67. The van der Waals surface area contributed by atoms with E-state index >= 15 is 0 Å². The van der Waals surface area contributed by atoms with Crippen molar-refractivity contribution in [3.8, 4) is 0 Å². The molecule has 4 nitrogen and oxygen atoms in total.